The number of hydrogen-bond acceptors (Lipinski definition) is 3. The highest BCUT2D eigenvalue weighted by atomic mass is 32.1. The van der Waals surface area contributed by atoms with Crippen molar-refractivity contribution in [3.63, 3.8) is 0 Å². The fourth-order valence-corrected chi connectivity index (χ4v) is 2.36. The van der Waals surface area contributed by atoms with Crippen molar-refractivity contribution in [2.24, 2.45) is 0 Å². The van der Waals surface area contributed by atoms with Crippen LogP contribution in [-0.2, 0) is 13.0 Å². The van der Waals surface area contributed by atoms with Crippen molar-refractivity contribution in [2.45, 2.75) is 26.8 Å². The minimum Gasteiger partial charge on any atom is -0.378 e. The van der Waals surface area contributed by atoms with E-state index in [9.17, 15) is 4.39 Å². The van der Waals surface area contributed by atoms with Crippen molar-refractivity contribution < 1.29 is 4.39 Å². The summed E-state index contributed by atoms with van der Waals surface area (Å²) in [5.41, 5.74) is 1.21. The second kappa shape index (κ2) is 5.27. The number of aromatic nitrogens is 1. The number of rotatable bonds is 4. The zero-order valence-electron chi connectivity index (χ0n) is 9.96. The molecule has 2 aromatic rings. The zero-order chi connectivity index (χ0) is 12.3. The van der Waals surface area contributed by atoms with Crippen molar-refractivity contribution in [3.8, 4) is 0 Å². The maximum atomic E-state index is 13.7. The Hall–Kier alpha value is -1.42. The molecule has 90 valence electrons. The Bertz CT molecular complexity index is 508. The number of thiazole rings is 1. The van der Waals surface area contributed by atoms with Gasteiger partial charge in [-0.1, -0.05) is 19.1 Å². The molecule has 0 aliphatic rings. The molecule has 0 aliphatic carbocycles. The van der Waals surface area contributed by atoms with E-state index in [2.05, 4.69) is 17.2 Å². The van der Waals surface area contributed by atoms with E-state index in [1.807, 2.05) is 12.3 Å². The molecule has 0 amide bonds. The Morgan fingerprint density at radius 3 is 2.94 bits per heavy atom. The van der Waals surface area contributed by atoms with E-state index in [1.165, 1.54) is 0 Å². The summed E-state index contributed by atoms with van der Waals surface area (Å²) < 4.78 is 13.7. The Kier molecular flexibility index (Phi) is 3.74. The third-order valence-electron chi connectivity index (χ3n) is 2.55. The standard InChI is InChI=1S/C13H15FN2S/c1-3-12-16-8-10(17-12)7-15-11-6-4-5-9(2)13(11)14/h4-6,8,15H,3,7H2,1-2H3. The topological polar surface area (TPSA) is 24.9 Å². The molecule has 0 radical (unpaired) electrons. The van der Waals surface area contributed by atoms with E-state index in [1.54, 1.807) is 30.4 Å². The molecule has 1 N–H and O–H groups in total. The molecule has 0 spiro atoms. The van der Waals surface area contributed by atoms with Crippen LogP contribution in [0, 0.1) is 12.7 Å². The van der Waals surface area contributed by atoms with Crippen molar-refractivity contribution >= 4 is 17.0 Å². The molecule has 0 atom stereocenters. The molecule has 0 aliphatic heterocycles. The van der Waals surface area contributed by atoms with Gasteiger partial charge in [-0.15, -0.1) is 11.3 Å². The summed E-state index contributed by atoms with van der Waals surface area (Å²) in [6.07, 6.45) is 2.80. The minimum absolute atomic E-state index is 0.173. The van der Waals surface area contributed by atoms with E-state index < -0.39 is 0 Å². The molecule has 1 aromatic heterocycles. The van der Waals surface area contributed by atoms with Gasteiger partial charge in [0, 0.05) is 11.1 Å². The molecule has 0 unspecified atom stereocenters. The van der Waals surface area contributed by atoms with Gasteiger partial charge in [-0.25, -0.2) is 9.37 Å². The van der Waals surface area contributed by atoms with Gasteiger partial charge in [-0.2, -0.15) is 0 Å². The van der Waals surface area contributed by atoms with Gasteiger partial charge in [0.2, 0.25) is 0 Å². The van der Waals surface area contributed by atoms with Crippen LogP contribution in [0.2, 0.25) is 0 Å². The number of anilines is 1. The van der Waals surface area contributed by atoms with Crippen LogP contribution in [0.15, 0.2) is 24.4 Å². The maximum Gasteiger partial charge on any atom is 0.149 e. The van der Waals surface area contributed by atoms with Crippen LogP contribution in [0.25, 0.3) is 0 Å². The van der Waals surface area contributed by atoms with Gasteiger partial charge in [0.25, 0.3) is 0 Å². The van der Waals surface area contributed by atoms with Crippen molar-refractivity contribution in [2.75, 3.05) is 5.32 Å². The summed E-state index contributed by atoms with van der Waals surface area (Å²) in [5, 5.41) is 4.22. The van der Waals surface area contributed by atoms with E-state index in [0.29, 0.717) is 17.8 Å². The fraction of sp³-hybridized carbons (Fsp3) is 0.308. The number of halogens is 1. The molecule has 4 heteroatoms. The normalized spacial score (nSPS) is 10.5. The number of nitrogens with zero attached hydrogens (tertiary/aromatic N) is 1. The van der Waals surface area contributed by atoms with Gasteiger partial charge < -0.3 is 5.32 Å². The lowest BCUT2D eigenvalue weighted by Gasteiger charge is -2.07. The molecule has 0 saturated heterocycles. The van der Waals surface area contributed by atoms with E-state index in [0.717, 1.165) is 16.3 Å². The lowest BCUT2D eigenvalue weighted by Crippen LogP contribution is -2.00. The van der Waals surface area contributed by atoms with Crippen LogP contribution < -0.4 is 5.32 Å². The lowest BCUT2D eigenvalue weighted by molar-refractivity contribution is 0.621. The Balaban J connectivity index is 2.04. The zero-order valence-corrected chi connectivity index (χ0v) is 10.8. The van der Waals surface area contributed by atoms with Crippen LogP contribution in [0.3, 0.4) is 0 Å². The summed E-state index contributed by atoms with van der Waals surface area (Å²) in [6, 6.07) is 5.37. The van der Waals surface area contributed by atoms with Gasteiger partial charge in [0.15, 0.2) is 0 Å². The first-order chi connectivity index (χ1) is 8.20. The number of aryl methyl sites for hydroxylation is 2. The fourth-order valence-electron chi connectivity index (χ4n) is 1.56. The molecule has 0 bridgehead atoms. The van der Waals surface area contributed by atoms with Crippen LogP contribution >= 0.6 is 11.3 Å². The van der Waals surface area contributed by atoms with Gasteiger partial charge in [0.05, 0.1) is 17.2 Å². The predicted octanol–water partition coefficient (Wildman–Crippen LogP) is 3.77. The van der Waals surface area contributed by atoms with E-state index in [4.69, 9.17) is 0 Å². The van der Waals surface area contributed by atoms with Crippen LogP contribution in [0.5, 0.6) is 0 Å². The summed E-state index contributed by atoms with van der Waals surface area (Å²) in [7, 11) is 0. The maximum absolute atomic E-state index is 13.7. The summed E-state index contributed by atoms with van der Waals surface area (Å²) >= 11 is 1.67. The number of nitrogens with one attached hydrogen (secondary N) is 1. The molecule has 17 heavy (non-hydrogen) atoms. The Morgan fingerprint density at radius 2 is 2.24 bits per heavy atom. The van der Waals surface area contributed by atoms with Crippen LogP contribution in [0.1, 0.15) is 22.4 Å². The van der Waals surface area contributed by atoms with Gasteiger partial charge in [0.1, 0.15) is 5.82 Å². The Labute approximate surface area is 105 Å². The van der Waals surface area contributed by atoms with Crippen LogP contribution in [0.4, 0.5) is 10.1 Å². The monoisotopic (exact) mass is 250 g/mol. The smallest absolute Gasteiger partial charge is 0.149 e. The highest BCUT2D eigenvalue weighted by molar-refractivity contribution is 7.11. The quantitative estimate of drug-likeness (QED) is 0.893. The molecule has 1 aromatic carbocycles. The number of hydrogen-bond donors (Lipinski definition) is 1. The molecule has 0 fully saturated rings. The third kappa shape index (κ3) is 2.82. The highest BCUT2D eigenvalue weighted by Crippen LogP contribution is 2.19. The largest absolute Gasteiger partial charge is 0.378 e. The molecule has 1 heterocycles. The van der Waals surface area contributed by atoms with E-state index in [-0.39, 0.29) is 5.82 Å². The van der Waals surface area contributed by atoms with E-state index >= 15 is 0 Å². The lowest BCUT2D eigenvalue weighted by atomic mass is 10.2. The summed E-state index contributed by atoms with van der Waals surface area (Å²) in [4.78, 5) is 5.40. The summed E-state index contributed by atoms with van der Waals surface area (Å²) in [6.45, 7) is 4.47. The van der Waals surface area contributed by atoms with Crippen molar-refractivity contribution in [1.29, 1.82) is 0 Å². The predicted molar refractivity (Wildman–Crippen MR) is 70.0 cm³/mol. The first-order valence-corrected chi connectivity index (χ1v) is 6.45. The molecular weight excluding hydrogens is 235 g/mol. The summed E-state index contributed by atoms with van der Waals surface area (Å²) in [5.74, 6) is -0.173. The third-order valence-corrected chi connectivity index (χ3v) is 3.69. The second-order valence-electron chi connectivity index (χ2n) is 3.86. The second-order valence-corrected chi connectivity index (χ2v) is 5.06. The Morgan fingerprint density at radius 1 is 1.41 bits per heavy atom. The highest BCUT2D eigenvalue weighted by Gasteiger charge is 2.05. The van der Waals surface area contributed by atoms with Crippen molar-refractivity contribution in [3.05, 3.63) is 45.7 Å². The molecule has 0 saturated carbocycles. The average molecular weight is 250 g/mol. The van der Waals surface area contributed by atoms with Crippen LogP contribution in [-0.4, -0.2) is 4.98 Å². The minimum atomic E-state index is -0.173. The first-order valence-electron chi connectivity index (χ1n) is 5.63. The van der Waals surface area contributed by atoms with Gasteiger partial charge >= 0.3 is 0 Å². The first kappa shape index (κ1) is 12.0. The SMILES string of the molecule is CCc1ncc(CNc2cccc(C)c2F)s1. The molecule has 2 rings (SSSR count). The molecule has 2 nitrogen and oxygen atoms in total. The van der Waals surface area contributed by atoms with Gasteiger partial charge in [-0.05, 0) is 25.0 Å². The molecular formula is C13H15FN2S. The van der Waals surface area contributed by atoms with Crippen molar-refractivity contribution in [1.82, 2.24) is 4.98 Å². The van der Waals surface area contributed by atoms with Gasteiger partial charge in [-0.3, -0.25) is 0 Å². The number of benzene rings is 1. The average Bonchev–Trinajstić information content (AvgIpc) is 2.79.